The number of imidazole rings is 1. The van der Waals surface area contributed by atoms with E-state index in [2.05, 4.69) is 31.0 Å². The SMILES string of the molecule is CCCC=CC1C(CCCCC)C(=O)C(=O)N1CCCn1ccnc1. The van der Waals surface area contributed by atoms with Gasteiger partial charge in [-0.25, -0.2) is 4.98 Å². The van der Waals surface area contributed by atoms with Gasteiger partial charge >= 0.3 is 0 Å². The van der Waals surface area contributed by atoms with Crippen LogP contribution in [0.2, 0.25) is 0 Å². The lowest BCUT2D eigenvalue weighted by Gasteiger charge is -2.24. The molecular formula is C20H31N3O2. The molecule has 2 heterocycles. The number of amides is 1. The Bertz CT molecular complexity index is 566. The van der Waals surface area contributed by atoms with Crippen molar-refractivity contribution in [2.75, 3.05) is 6.54 Å². The molecule has 0 aliphatic carbocycles. The summed E-state index contributed by atoms with van der Waals surface area (Å²) in [6.45, 7) is 5.72. The van der Waals surface area contributed by atoms with Crippen molar-refractivity contribution in [2.24, 2.45) is 5.92 Å². The van der Waals surface area contributed by atoms with Crippen LogP contribution in [0.5, 0.6) is 0 Å². The molecule has 0 bridgehead atoms. The molecule has 2 atom stereocenters. The Morgan fingerprint density at radius 2 is 1.96 bits per heavy atom. The number of carbonyl (C=O) groups is 2. The Labute approximate surface area is 151 Å². The Balaban J connectivity index is 2.01. The molecule has 1 aromatic rings. The van der Waals surface area contributed by atoms with E-state index >= 15 is 0 Å². The minimum absolute atomic E-state index is 0.0637. The molecule has 0 N–H and O–H groups in total. The molecule has 2 unspecified atom stereocenters. The minimum Gasteiger partial charge on any atom is -0.337 e. The number of likely N-dealkylation sites (tertiary alicyclic amines) is 1. The number of carbonyl (C=O) groups excluding carboxylic acids is 2. The second-order valence-corrected chi connectivity index (χ2v) is 6.83. The number of allylic oxidation sites excluding steroid dienone is 1. The second-order valence-electron chi connectivity index (χ2n) is 6.83. The Kier molecular flexibility index (Phi) is 7.89. The zero-order valence-electron chi connectivity index (χ0n) is 15.6. The predicted octanol–water partition coefficient (Wildman–Crippen LogP) is 3.61. The van der Waals surface area contributed by atoms with E-state index in [1.807, 2.05) is 10.8 Å². The van der Waals surface area contributed by atoms with Gasteiger partial charge in [0.2, 0.25) is 5.78 Å². The first-order chi connectivity index (χ1) is 12.2. The Morgan fingerprint density at radius 3 is 2.64 bits per heavy atom. The van der Waals surface area contributed by atoms with Crippen molar-refractivity contribution in [2.45, 2.75) is 71.4 Å². The summed E-state index contributed by atoms with van der Waals surface area (Å²) in [6.07, 6.45) is 16.6. The van der Waals surface area contributed by atoms with Crippen molar-refractivity contribution in [1.82, 2.24) is 14.5 Å². The molecule has 1 amide bonds. The van der Waals surface area contributed by atoms with Crippen molar-refractivity contribution in [1.29, 1.82) is 0 Å². The van der Waals surface area contributed by atoms with Crippen LogP contribution in [0, 0.1) is 5.92 Å². The number of rotatable bonds is 11. The van der Waals surface area contributed by atoms with Gasteiger partial charge in [-0.2, -0.15) is 0 Å². The largest absolute Gasteiger partial charge is 0.337 e. The molecule has 1 fully saturated rings. The van der Waals surface area contributed by atoms with Gasteiger partial charge in [0.25, 0.3) is 5.91 Å². The Hall–Kier alpha value is -1.91. The van der Waals surface area contributed by atoms with E-state index in [9.17, 15) is 9.59 Å². The zero-order chi connectivity index (χ0) is 18.1. The number of aryl methyl sites for hydroxylation is 1. The molecule has 25 heavy (non-hydrogen) atoms. The summed E-state index contributed by atoms with van der Waals surface area (Å²) in [5.74, 6) is -0.649. The van der Waals surface area contributed by atoms with Gasteiger partial charge in [-0.3, -0.25) is 9.59 Å². The average Bonchev–Trinajstić information content (AvgIpc) is 3.20. The van der Waals surface area contributed by atoms with Crippen LogP contribution in [-0.4, -0.2) is 38.7 Å². The van der Waals surface area contributed by atoms with Gasteiger partial charge in [-0.05, 0) is 19.3 Å². The normalized spacial score (nSPS) is 21.0. The van der Waals surface area contributed by atoms with E-state index in [1.54, 1.807) is 17.4 Å². The van der Waals surface area contributed by atoms with Crippen molar-refractivity contribution >= 4 is 11.7 Å². The molecule has 138 valence electrons. The molecule has 0 saturated carbocycles. The molecule has 1 aliphatic heterocycles. The predicted molar refractivity (Wildman–Crippen MR) is 99.0 cm³/mol. The molecule has 2 rings (SSSR count). The molecule has 1 aromatic heterocycles. The quantitative estimate of drug-likeness (QED) is 0.350. The van der Waals surface area contributed by atoms with E-state index in [1.165, 1.54) is 0 Å². The number of ketones is 1. The molecule has 5 nitrogen and oxygen atoms in total. The van der Waals surface area contributed by atoms with Gasteiger partial charge < -0.3 is 9.47 Å². The van der Waals surface area contributed by atoms with Crippen LogP contribution in [-0.2, 0) is 16.1 Å². The lowest BCUT2D eigenvalue weighted by molar-refractivity contribution is -0.141. The van der Waals surface area contributed by atoms with E-state index < -0.39 is 0 Å². The molecule has 0 aromatic carbocycles. The summed E-state index contributed by atoms with van der Waals surface area (Å²) in [7, 11) is 0. The van der Waals surface area contributed by atoms with Crippen LogP contribution < -0.4 is 0 Å². The third kappa shape index (κ3) is 5.28. The van der Waals surface area contributed by atoms with E-state index in [0.29, 0.717) is 6.54 Å². The highest BCUT2D eigenvalue weighted by molar-refractivity contribution is 6.39. The fourth-order valence-electron chi connectivity index (χ4n) is 3.46. The third-order valence-corrected chi connectivity index (χ3v) is 4.86. The maximum absolute atomic E-state index is 12.5. The maximum atomic E-state index is 12.5. The molecule has 1 saturated heterocycles. The standard InChI is InChI=1S/C20H31N3O2/c1-3-5-7-10-17-18(11-8-6-4-2)23(20(25)19(17)24)14-9-13-22-15-12-21-16-22/h8,11-12,15-18H,3-7,9-10,13-14H2,1-2H3. The summed E-state index contributed by atoms with van der Waals surface area (Å²) in [6, 6.07) is -0.0637. The first-order valence-electron chi connectivity index (χ1n) is 9.66. The summed E-state index contributed by atoms with van der Waals surface area (Å²) in [5, 5.41) is 0. The van der Waals surface area contributed by atoms with Crippen LogP contribution in [0.25, 0.3) is 0 Å². The van der Waals surface area contributed by atoms with Crippen LogP contribution in [0.4, 0.5) is 0 Å². The van der Waals surface area contributed by atoms with Crippen LogP contribution >= 0.6 is 0 Å². The van der Waals surface area contributed by atoms with Crippen LogP contribution in [0.3, 0.4) is 0 Å². The van der Waals surface area contributed by atoms with Crippen molar-refractivity contribution < 1.29 is 9.59 Å². The highest BCUT2D eigenvalue weighted by atomic mass is 16.2. The third-order valence-electron chi connectivity index (χ3n) is 4.86. The minimum atomic E-state index is -0.293. The van der Waals surface area contributed by atoms with Gasteiger partial charge in [-0.1, -0.05) is 51.7 Å². The summed E-state index contributed by atoms with van der Waals surface area (Å²) < 4.78 is 2.00. The summed E-state index contributed by atoms with van der Waals surface area (Å²) in [5.41, 5.74) is 0. The van der Waals surface area contributed by atoms with E-state index in [0.717, 1.165) is 51.5 Å². The van der Waals surface area contributed by atoms with Gasteiger partial charge in [0.15, 0.2) is 0 Å². The average molecular weight is 345 g/mol. The first kappa shape index (κ1) is 19.4. The van der Waals surface area contributed by atoms with Crippen molar-refractivity contribution in [3.63, 3.8) is 0 Å². The number of hydrogen-bond acceptors (Lipinski definition) is 3. The summed E-state index contributed by atoms with van der Waals surface area (Å²) >= 11 is 0. The molecule has 1 aliphatic rings. The number of aromatic nitrogens is 2. The molecule has 0 radical (unpaired) electrons. The highest BCUT2D eigenvalue weighted by Gasteiger charge is 2.44. The van der Waals surface area contributed by atoms with Gasteiger partial charge in [0.05, 0.1) is 18.3 Å². The lowest BCUT2D eigenvalue weighted by atomic mass is 9.92. The Morgan fingerprint density at radius 1 is 1.12 bits per heavy atom. The highest BCUT2D eigenvalue weighted by Crippen LogP contribution is 2.29. The topological polar surface area (TPSA) is 55.2 Å². The number of Topliss-reactive ketones (excluding diaryl/α,β-unsaturated/α-hetero) is 1. The maximum Gasteiger partial charge on any atom is 0.290 e. The number of hydrogen-bond donors (Lipinski definition) is 0. The lowest BCUT2D eigenvalue weighted by Crippen LogP contribution is -2.35. The smallest absolute Gasteiger partial charge is 0.290 e. The monoisotopic (exact) mass is 345 g/mol. The van der Waals surface area contributed by atoms with Crippen molar-refractivity contribution in [3.8, 4) is 0 Å². The van der Waals surface area contributed by atoms with Crippen molar-refractivity contribution in [3.05, 3.63) is 30.9 Å². The summed E-state index contributed by atoms with van der Waals surface area (Å²) in [4.78, 5) is 30.8. The molecule has 0 spiro atoms. The fraction of sp³-hybridized carbons (Fsp3) is 0.650. The fourth-order valence-corrected chi connectivity index (χ4v) is 3.46. The van der Waals surface area contributed by atoms with Gasteiger partial charge in [0.1, 0.15) is 0 Å². The van der Waals surface area contributed by atoms with Crippen LogP contribution in [0.15, 0.2) is 30.9 Å². The number of unbranched alkanes of at least 4 members (excludes halogenated alkanes) is 3. The number of nitrogens with zero attached hydrogens (tertiary/aromatic N) is 3. The van der Waals surface area contributed by atoms with Gasteiger partial charge in [0, 0.05) is 25.5 Å². The van der Waals surface area contributed by atoms with E-state index in [4.69, 9.17) is 0 Å². The first-order valence-corrected chi connectivity index (χ1v) is 9.66. The van der Waals surface area contributed by atoms with E-state index in [-0.39, 0.29) is 23.7 Å². The zero-order valence-corrected chi connectivity index (χ0v) is 15.6. The van der Waals surface area contributed by atoms with Gasteiger partial charge in [-0.15, -0.1) is 0 Å². The van der Waals surface area contributed by atoms with Crippen LogP contribution in [0.1, 0.15) is 58.8 Å². The molecular weight excluding hydrogens is 314 g/mol. The second kappa shape index (κ2) is 10.2. The molecule has 5 heteroatoms.